The number of hydrogen-bond acceptors (Lipinski definition) is 3. The molecule has 0 saturated heterocycles. The standard InChI is InChI=1S/C13H20BrN3O/c1-18-6-5-17-13(10(14)7-16-17)12(15)11-8-3-2-4-9(8)11/h7-9,11-12H,2-6,15H2,1H3. The van der Waals surface area contributed by atoms with Crippen molar-refractivity contribution in [3.8, 4) is 0 Å². The van der Waals surface area contributed by atoms with E-state index in [-0.39, 0.29) is 6.04 Å². The van der Waals surface area contributed by atoms with E-state index in [4.69, 9.17) is 10.5 Å². The third-order valence-electron chi connectivity index (χ3n) is 4.54. The molecule has 1 heterocycles. The van der Waals surface area contributed by atoms with Crippen molar-refractivity contribution < 1.29 is 4.74 Å². The zero-order chi connectivity index (χ0) is 12.7. The molecule has 100 valence electrons. The number of halogens is 1. The smallest absolute Gasteiger partial charge is 0.0697 e. The number of aromatic nitrogens is 2. The summed E-state index contributed by atoms with van der Waals surface area (Å²) in [5, 5.41) is 4.39. The Morgan fingerprint density at radius 1 is 1.56 bits per heavy atom. The third-order valence-corrected chi connectivity index (χ3v) is 5.15. The second-order valence-electron chi connectivity index (χ2n) is 5.46. The summed E-state index contributed by atoms with van der Waals surface area (Å²) in [6.45, 7) is 1.44. The molecule has 2 fully saturated rings. The molecule has 3 unspecified atom stereocenters. The Morgan fingerprint density at radius 2 is 2.28 bits per heavy atom. The summed E-state index contributed by atoms with van der Waals surface area (Å²) in [5.74, 6) is 2.42. The predicted octanol–water partition coefficient (Wildman–Crippen LogP) is 2.34. The van der Waals surface area contributed by atoms with Crippen molar-refractivity contribution >= 4 is 15.9 Å². The van der Waals surface area contributed by atoms with Crippen LogP contribution in [0.2, 0.25) is 0 Å². The maximum atomic E-state index is 6.48. The van der Waals surface area contributed by atoms with Crippen LogP contribution in [-0.4, -0.2) is 23.5 Å². The van der Waals surface area contributed by atoms with Crippen molar-refractivity contribution in [2.45, 2.75) is 31.8 Å². The highest BCUT2D eigenvalue weighted by Gasteiger charge is 2.56. The largest absolute Gasteiger partial charge is 0.383 e. The van der Waals surface area contributed by atoms with Gasteiger partial charge in [0.05, 0.1) is 35.6 Å². The second kappa shape index (κ2) is 4.94. The van der Waals surface area contributed by atoms with Crippen LogP contribution in [0.3, 0.4) is 0 Å². The molecule has 2 N–H and O–H groups in total. The van der Waals surface area contributed by atoms with Crippen LogP contribution in [0.25, 0.3) is 0 Å². The van der Waals surface area contributed by atoms with Gasteiger partial charge in [-0.05, 0) is 46.5 Å². The second-order valence-corrected chi connectivity index (χ2v) is 6.31. The quantitative estimate of drug-likeness (QED) is 0.907. The minimum absolute atomic E-state index is 0.119. The molecule has 2 aliphatic rings. The van der Waals surface area contributed by atoms with Gasteiger partial charge in [0.1, 0.15) is 0 Å². The molecule has 2 saturated carbocycles. The summed E-state index contributed by atoms with van der Waals surface area (Å²) in [6.07, 6.45) is 5.98. The fraction of sp³-hybridized carbons (Fsp3) is 0.769. The van der Waals surface area contributed by atoms with Crippen LogP contribution < -0.4 is 5.73 Å². The Hall–Kier alpha value is -0.390. The summed E-state index contributed by atoms with van der Waals surface area (Å²) in [4.78, 5) is 0. The molecule has 1 aromatic heterocycles. The topological polar surface area (TPSA) is 53.1 Å². The highest BCUT2D eigenvalue weighted by Crippen LogP contribution is 2.61. The Bertz CT molecular complexity index is 424. The minimum Gasteiger partial charge on any atom is -0.383 e. The first-order chi connectivity index (χ1) is 8.74. The van der Waals surface area contributed by atoms with Gasteiger partial charge < -0.3 is 10.5 Å². The zero-order valence-electron chi connectivity index (χ0n) is 10.7. The molecule has 0 bridgehead atoms. The molecule has 0 spiro atoms. The van der Waals surface area contributed by atoms with E-state index in [1.807, 2.05) is 10.9 Å². The highest BCUT2D eigenvalue weighted by atomic mass is 79.9. The molecular formula is C13H20BrN3O. The lowest BCUT2D eigenvalue weighted by molar-refractivity contribution is 0.181. The Labute approximate surface area is 116 Å². The van der Waals surface area contributed by atoms with Crippen molar-refractivity contribution in [2.24, 2.45) is 23.5 Å². The first-order valence-electron chi connectivity index (χ1n) is 6.69. The summed E-state index contributed by atoms with van der Waals surface area (Å²) >= 11 is 3.58. The van der Waals surface area contributed by atoms with Gasteiger partial charge in [0.25, 0.3) is 0 Å². The molecule has 1 aromatic rings. The van der Waals surface area contributed by atoms with Crippen LogP contribution in [0.15, 0.2) is 10.7 Å². The molecule has 0 radical (unpaired) electrons. The summed E-state index contributed by atoms with van der Waals surface area (Å²) < 4.78 is 8.15. The van der Waals surface area contributed by atoms with Gasteiger partial charge in [0.2, 0.25) is 0 Å². The summed E-state index contributed by atoms with van der Waals surface area (Å²) in [7, 11) is 1.71. The van der Waals surface area contributed by atoms with Gasteiger partial charge in [-0.1, -0.05) is 6.42 Å². The molecular weight excluding hydrogens is 294 g/mol. The summed E-state index contributed by atoms with van der Waals surface area (Å²) in [6, 6.07) is 0.119. The lowest BCUT2D eigenvalue weighted by atomic mass is 10.0. The van der Waals surface area contributed by atoms with Crippen molar-refractivity contribution in [2.75, 3.05) is 13.7 Å². The normalized spacial score (nSPS) is 31.4. The molecule has 3 atom stereocenters. The van der Waals surface area contributed by atoms with Crippen molar-refractivity contribution in [1.82, 2.24) is 9.78 Å². The van der Waals surface area contributed by atoms with Gasteiger partial charge in [-0.15, -0.1) is 0 Å². The van der Waals surface area contributed by atoms with Crippen LogP contribution >= 0.6 is 15.9 Å². The number of ether oxygens (including phenoxy) is 1. The lowest BCUT2D eigenvalue weighted by Crippen LogP contribution is -2.21. The maximum Gasteiger partial charge on any atom is 0.0697 e. The molecule has 3 rings (SSSR count). The average molecular weight is 314 g/mol. The lowest BCUT2D eigenvalue weighted by Gasteiger charge is -2.16. The molecule has 0 aromatic carbocycles. The Morgan fingerprint density at radius 3 is 2.94 bits per heavy atom. The van der Waals surface area contributed by atoms with E-state index in [1.54, 1.807) is 7.11 Å². The molecule has 0 aliphatic heterocycles. The van der Waals surface area contributed by atoms with E-state index < -0.39 is 0 Å². The monoisotopic (exact) mass is 313 g/mol. The maximum absolute atomic E-state index is 6.48. The average Bonchev–Trinajstić information content (AvgIpc) is 2.73. The van der Waals surface area contributed by atoms with Gasteiger partial charge in [0, 0.05) is 7.11 Å². The number of hydrogen-bond donors (Lipinski definition) is 1. The molecule has 2 aliphatic carbocycles. The van der Waals surface area contributed by atoms with Crippen molar-refractivity contribution in [1.29, 1.82) is 0 Å². The van der Waals surface area contributed by atoms with Crippen LogP contribution in [0.4, 0.5) is 0 Å². The fourth-order valence-electron chi connectivity index (χ4n) is 3.65. The molecule has 18 heavy (non-hydrogen) atoms. The predicted molar refractivity (Wildman–Crippen MR) is 73.1 cm³/mol. The van der Waals surface area contributed by atoms with E-state index in [0.717, 1.165) is 28.5 Å². The third kappa shape index (κ3) is 2.02. The van der Waals surface area contributed by atoms with Gasteiger partial charge in [-0.3, -0.25) is 4.68 Å². The number of rotatable bonds is 5. The first kappa shape index (κ1) is 12.6. The summed E-state index contributed by atoms with van der Waals surface area (Å²) in [5.41, 5.74) is 7.62. The van der Waals surface area contributed by atoms with Gasteiger partial charge >= 0.3 is 0 Å². The first-order valence-corrected chi connectivity index (χ1v) is 7.49. The number of nitrogens with two attached hydrogens (primary N) is 1. The Balaban J connectivity index is 1.76. The van der Waals surface area contributed by atoms with Gasteiger partial charge in [-0.2, -0.15) is 5.10 Å². The van der Waals surface area contributed by atoms with E-state index in [2.05, 4.69) is 21.0 Å². The van der Waals surface area contributed by atoms with E-state index in [9.17, 15) is 0 Å². The van der Waals surface area contributed by atoms with Crippen LogP contribution in [0.5, 0.6) is 0 Å². The highest BCUT2D eigenvalue weighted by molar-refractivity contribution is 9.10. The number of nitrogens with zero attached hydrogens (tertiary/aromatic N) is 2. The van der Waals surface area contributed by atoms with E-state index in [0.29, 0.717) is 12.5 Å². The molecule has 5 heteroatoms. The van der Waals surface area contributed by atoms with E-state index in [1.165, 1.54) is 19.3 Å². The van der Waals surface area contributed by atoms with Crippen LogP contribution in [0, 0.1) is 17.8 Å². The number of fused-ring (bicyclic) bond motifs is 1. The van der Waals surface area contributed by atoms with Crippen LogP contribution in [-0.2, 0) is 11.3 Å². The van der Waals surface area contributed by atoms with Crippen molar-refractivity contribution in [3.05, 3.63) is 16.4 Å². The SMILES string of the molecule is COCCn1ncc(Br)c1C(N)C1C2CCCC21. The van der Waals surface area contributed by atoms with Gasteiger partial charge in [-0.25, -0.2) is 0 Å². The van der Waals surface area contributed by atoms with Crippen molar-refractivity contribution in [3.63, 3.8) is 0 Å². The molecule has 0 amide bonds. The van der Waals surface area contributed by atoms with E-state index >= 15 is 0 Å². The Kier molecular flexibility index (Phi) is 3.47. The zero-order valence-corrected chi connectivity index (χ0v) is 12.3. The molecule has 4 nitrogen and oxygen atoms in total. The van der Waals surface area contributed by atoms with Crippen LogP contribution in [0.1, 0.15) is 31.0 Å². The van der Waals surface area contributed by atoms with Gasteiger partial charge in [0.15, 0.2) is 0 Å². The fourth-order valence-corrected chi connectivity index (χ4v) is 4.21. The number of methoxy groups -OCH3 is 1. The minimum atomic E-state index is 0.119.